The Morgan fingerprint density at radius 2 is 1.62 bits per heavy atom. The first-order chi connectivity index (χ1) is 18.9. The maximum Gasteiger partial charge on any atom is 0.324 e. The number of hydrogen-bond acceptors (Lipinski definition) is 4. The number of halogens is 2. The van der Waals surface area contributed by atoms with E-state index >= 15 is 0 Å². The van der Waals surface area contributed by atoms with E-state index in [0.29, 0.717) is 51.5 Å². The van der Waals surface area contributed by atoms with Gasteiger partial charge in [0.2, 0.25) is 0 Å². The first kappa shape index (κ1) is 27.0. The van der Waals surface area contributed by atoms with Gasteiger partial charge in [0, 0.05) is 6.54 Å². The van der Waals surface area contributed by atoms with E-state index in [1.807, 2.05) is 66.7 Å². The third kappa shape index (κ3) is 6.53. The molecule has 39 heavy (non-hydrogen) atoms. The van der Waals surface area contributed by atoms with Crippen molar-refractivity contribution in [2.75, 3.05) is 31.2 Å². The minimum absolute atomic E-state index is 0.199. The van der Waals surface area contributed by atoms with Gasteiger partial charge in [0.1, 0.15) is 10.3 Å². The number of urea groups is 2. The van der Waals surface area contributed by atoms with Gasteiger partial charge in [-0.15, -0.1) is 0 Å². The minimum atomic E-state index is -0.674. The first-order valence-electron chi connectivity index (χ1n) is 12.7. The summed E-state index contributed by atoms with van der Waals surface area (Å²) in [5.41, 5.74) is 2.89. The van der Waals surface area contributed by atoms with Gasteiger partial charge in [-0.3, -0.25) is 4.90 Å². The zero-order valence-electron chi connectivity index (χ0n) is 21.3. The summed E-state index contributed by atoms with van der Waals surface area (Å²) in [7, 11) is 0. The summed E-state index contributed by atoms with van der Waals surface area (Å²) < 4.78 is 5.51. The number of nitrogens with zero attached hydrogens (tertiary/aromatic N) is 3. The van der Waals surface area contributed by atoms with Crippen molar-refractivity contribution < 1.29 is 14.3 Å². The standard InChI is InChI=1S/C29H29Cl2N5O3/c30-25-15-24(16-26(31)33-25)36(18-22-9-5-2-6-10-22)28(38)35-19-29(20-35,23-11-13-39-14-12-23)34-27(37)32-17-21-7-3-1-4-8-21/h1-11,15-16H,12-14,17-20H2,(H2,32,34,37). The average Bonchev–Trinajstić information content (AvgIpc) is 2.93. The lowest BCUT2D eigenvalue weighted by molar-refractivity contribution is 0.0848. The quantitative estimate of drug-likeness (QED) is 0.296. The SMILES string of the molecule is O=C(NCc1ccccc1)NC1(C2=CCOCC2)CN(C(=O)N(Cc2ccccc2)c2cc(Cl)nc(Cl)c2)C1. The highest BCUT2D eigenvalue weighted by molar-refractivity contribution is 6.33. The zero-order valence-corrected chi connectivity index (χ0v) is 22.8. The lowest BCUT2D eigenvalue weighted by Crippen LogP contribution is -2.74. The van der Waals surface area contributed by atoms with Crippen LogP contribution in [0.15, 0.2) is 84.4 Å². The average molecular weight is 566 g/mol. The van der Waals surface area contributed by atoms with Gasteiger partial charge in [-0.1, -0.05) is 89.9 Å². The number of amides is 4. The van der Waals surface area contributed by atoms with Crippen molar-refractivity contribution in [2.24, 2.45) is 0 Å². The summed E-state index contributed by atoms with van der Waals surface area (Å²) in [6.07, 6.45) is 2.69. The molecular formula is C29H29Cl2N5O3. The summed E-state index contributed by atoms with van der Waals surface area (Å²) in [5, 5.41) is 6.50. The first-order valence-corrected chi connectivity index (χ1v) is 13.5. The molecule has 2 aliphatic heterocycles. The van der Waals surface area contributed by atoms with Crippen LogP contribution in [0.25, 0.3) is 0 Å². The Balaban J connectivity index is 1.34. The van der Waals surface area contributed by atoms with Crippen LogP contribution in [0.3, 0.4) is 0 Å². The molecule has 5 rings (SSSR count). The van der Waals surface area contributed by atoms with Crippen molar-refractivity contribution in [3.05, 3.63) is 106 Å². The lowest BCUT2D eigenvalue weighted by Gasteiger charge is -2.53. The van der Waals surface area contributed by atoms with Crippen LogP contribution in [-0.2, 0) is 17.8 Å². The van der Waals surface area contributed by atoms with Crippen molar-refractivity contribution >= 4 is 41.0 Å². The maximum atomic E-state index is 13.9. The van der Waals surface area contributed by atoms with Gasteiger partial charge >= 0.3 is 12.1 Å². The molecule has 3 aromatic rings. The summed E-state index contributed by atoms with van der Waals surface area (Å²) in [6, 6.07) is 22.2. The molecule has 2 N–H and O–H groups in total. The highest BCUT2D eigenvalue weighted by Gasteiger charge is 2.50. The molecule has 0 aliphatic carbocycles. The molecule has 2 aliphatic rings. The number of aromatic nitrogens is 1. The highest BCUT2D eigenvalue weighted by Crippen LogP contribution is 2.35. The van der Waals surface area contributed by atoms with Crippen LogP contribution in [-0.4, -0.2) is 53.8 Å². The predicted molar refractivity (Wildman–Crippen MR) is 152 cm³/mol. The fourth-order valence-electron chi connectivity index (χ4n) is 4.92. The Bertz CT molecular complexity index is 1330. The van der Waals surface area contributed by atoms with Gasteiger partial charge in [0.25, 0.3) is 0 Å². The monoisotopic (exact) mass is 565 g/mol. The zero-order chi connectivity index (χ0) is 27.2. The van der Waals surface area contributed by atoms with Crippen LogP contribution >= 0.6 is 23.2 Å². The van der Waals surface area contributed by atoms with Crippen LogP contribution in [0.4, 0.5) is 15.3 Å². The van der Waals surface area contributed by atoms with Crippen molar-refractivity contribution in [1.29, 1.82) is 0 Å². The number of nitrogens with one attached hydrogen (secondary N) is 2. The molecule has 10 heteroatoms. The molecule has 0 saturated carbocycles. The van der Waals surface area contributed by atoms with E-state index in [1.54, 1.807) is 21.9 Å². The summed E-state index contributed by atoms with van der Waals surface area (Å²) in [5.74, 6) is 0. The normalized spacial score (nSPS) is 16.1. The van der Waals surface area contributed by atoms with Crippen LogP contribution < -0.4 is 15.5 Å². The molecular weight excluding hydrogens is 537 g/mol. The van der Waals surface area contributed by atoms with Crippen LogP contribution in [0.5, 0.6) is 0 Å². The number of rotatable bonds is 7. The Labute approximate surface area is 237 Å². The molecule has 1 saturated heterocycles. The summed E-state index contributed by atoms with van der Waals surface area (Å²) >= 11 is 12.4. The van der Waals surface area contributed by atoms with E-state index in [0.717, 1.165) is 16.7 Å². The number of likely N-dealkylation sites (tertiary alicyclic amines) is 1. The van der Waals surface area contributed by atoms with Crippen LogP contribution in [0.1, 0.15) is 17.5 Å². The predicted octanol–water partition coefficient (Wildman–Crippen LogP) is 5.42. The van der Waals surface area contributed by atoms with E-state index in [4.69, 9.17) is 27.9 Å². The second-order valence-electron chi connectivity index (χ2n) is 9.61. The summed E-state index contributed by atoms with van der Waals surface area (Å²) in [4.78, 5) is 34.3. The van der Waals surface area contributed by atoms with Gasteiger partial charge in [-0.25, -0.2) is 14.6 Å². The second kappa shape index (κ2) is 12.1. The maximum absolute atomic E-state index is 13.9. The molecule has 0 spiro atoms. The Hall–Kier alpha value is -3.59. The molecule has 0 radical (unpaired) electrons. The molecule has 4 amide bonds. The third-order valence-corrected chi connectivity index (χ3v) is 7.28. The van der Waals surface area contributed by atoms with Gasteiger partial charge in [0.05, 0.1) is 44.1 Å². The van der Waals surface area contributed by atoms with E-state index in [1.165, 1.54) is 0 Å². The van der Waals surface area contributed by atoms with Crippen LogP contribution in [0, 0.1) is 0 Å². The largest absolute Gasteiger partial charge is 0.377 e. The van der Waals surface area contributed by atoms with Crippen molar-refractivity contribution in [3.8, 4) is 0 Å². The molecule has 1 aromatic heterocycles. The summed E-state index contributed by atoms with van der Waals surface area (Å²) in [6.45, 7) is 2.43. The molecule has 0 atom stereocenters. The molecule has 202 valence electrons. The van der Waals surface area contributed by atoms with Gasteiger partial charge in [-0.2, -0.15) is 0 Å². The molecule has 1 fully saturated rings. The molecule has 0 unspecified atom stereocenters. The Morgan fingerprint density at radius 3 is 2.23 bits per heavy atom. The minimum Gasteiger partial charge on any atom is -0.377 e. The number of anilines is 1. The Morgan fingerprint density at radius 1 is 0.974 bits per heavy atom. The number of hydrogen-bond donors (Lipinski definition) is 2. The van der Waals surface area contributed by atoms with Gasteiger partial charge < -0.3 is 20.3 Å². The number of carbonyl (C=O) groups is 2. The van der Waals surface area contributed by atoms with Crippen molar-refractivity contribution in [3.63, 3.8) is 0 Å². The van der Waals surface area contributed by atoms with E-state index in [9.17, 15) is 9.59 Å². The third-order valence-electron chi connectivity index (χ3n) is 6.89. The van der Waals surface area contributed by atoms with Crippen LogP contribution in [0.2, 0.25) is 10.3 Å². The van der Waals surface area contributed by atoms with E-state index < -0.39 is 5.54 Å². The fourth-order valence-corrected chi connectivity index (χ4v) is 5.37. The number of pyridine rings is 1. The number of benzene rings is 2. The smallest absolute Gasteiger partial charge is 0.324 e. The Kier molecular flexibility index (Phi) is 8.35. The van der Waals surface area contributed by atoms with E-state index in [2.05, 4.69) is 15.6 Å². The molecule has 8 nitrogen and oxygen atoms in total. The second-order valence-corrected chi connectivity index (χ2v) is 10.4. The van der Waals surface area contributed by atoms with Gasteiger partial charge in [-0.05, 0) is 35.3 Å². The molecule has 3 heterocycles. The highest BCUT2D eigenvalue weighted by atomic mass is 35.5. The van der Waals surface area contributed by atoms with Crippen molar-refractivity contribution in [1.82, 2.24) is 20.5 Å². The molecule has 2 aromatic carbocycles. The lowest BCUT2D eigenvalue weighted by atomic mass is 9.79. The number of carbonyl (C=O) groups excluding carboxylic acids is 2. The van der Waals surface area contributed by atoms with Crippen molar-refractivity contribution in [2.45, 2.75) is 25.0 Å². The number of ether oxygens (including phenoxy) is 1. The topological polar surface area (TPSA) is 86.8 Å². The fraction of sp³-hybridized carbons (Fsp3) is 0.276. The molecule has 0 bridgehead atoms. The van der Waals surface area contributed by atoms with E-state index in [-0.39, 0.29) is 22.4 Å². The van der Waals surface area contributed by atoms with Gasteiger partial charge in [0.15, 0.2) is 0 Å².